The molecule has 0 aliphatic heterocycles. The van der Waals surface area contributed by atoms with Crippen LogP contribution < -0.4 is 0 Å². The first-order valence-corrected chi connectivity index (χ1v) is 5.37. The maximum absolute atomic E-state index is 11.0. The Morgan fingerprint density at radius 2 is 2.19 bits per heavy atom. The van der Waals surface area contributed by atoms with Crippen molar-refractivity contribution in [3.05, 3.63) is 35.0 Å². The Kier molecular flexibility index (Phi) is 2.64. The van der Waals surface area contributed by atoms with Crippen molar-refractivity contribution in [1.29, 1.82) is 0 Å². The van der Waals surface area contributed by atoms with Gasteiger partial charge in [0.1, 0.15) is 0 Å². The van der Waals surface area contributed by atoms with Crippen molar-refractivity contribution >= 4 is 28.5 Å². The van der Waals surface area contributed by atoms with E-state index in [1.165, 1.54) is 0 Å². The molecule has 3 nitrogen and oxygen atoms in total. The van der Waals surface area contributed by atoms with Crippen LogP contribution in [0, 0.1) is 0 Å². The number of carboxylic acids is 1. The molecule has 0 radical (unpaired) electrons. The van der Waals surface area contributed by atoms with Crippen molar-refractivity contribution in [1.82, 2.24) is 4.57 Å². The van der Waals surface area contributed by atoms with Crippen molar-refractivity contribution in [2.24, 2.45) is 7.05 Å². The van der Waals surface area contributed by atoms with Crippen LogP contribution in [0.15, 0.2) is 24.3 Å². The molecule has 0 amide bonds. The number of halogens is 1. The summed E-state index contributed by atoms with van der Waals surface area (Å²) in [6.07, 6.45) is 0. The first-order valence-electron chi connectivity index (χ1n) is 4.99. The molecular formula is C12H12ClNO2. The first kappa shape index (κ1) is 11.0. The second-order valence-electron chi connectivity index (χ2n) is 3.87. The number of carbonyl (C=O) groups is 1. The largest absolute Gasteiger partial charge is 0.481 e. The lowest BCUT2D eigenvalue weighted by Crippen LogP contribution is -2.11. The number of para-hydroxylation sites is 1. The summed E-state index contributed by atoms with van der Waals surface area (Å²) >= 11 is 6.09. The molecule has 0 bridgehead atoms. The van der Waals surface area contributed by atoms with Crippen LogP contribution in [0.4, 0.5) is 0 Å². The molecule has 0 saturated heterocycles. The maximum Gasteiger partial charge on any atom is 0.312 e. The lowest BCUT2D eigenvalue weighted by molar-refractivity contribution is -0.138. The average molecular weight is 238 g/mol. The van der Waals surface area contributed by atoms with Gasteiger partial charge in [-0.25, -0.2) is 0 Å². The number of benzene rings is 1. The smallest absolute Gasteiger partial charge is 0.312 e. The lowest BCUT2D eigenvalue weighted by Gasteiger charge is -2.08. The van der Waals surface area contributed by atoms with E-state index in [4.69, 9.17) is 16.7 Å². The van der Waals surface area contributed by atoms with Crippen molar-refractivity contribution in [2.75, 3.05) is 0 Å². The number of aryl methyl sites for hydroxylation is 1. The summed E-state index contributed by atoms with van der Waals surface area (Å²) in [5.74, 6) is -1.37. The fourth-order valence-corrected chi connectivity index (χ4v) is 2.24. The number of carboxylic acid groups (broad SMARTS) is 1. The van der Waals surface area contributed by atoms with Gasteiger partial charge in [-0.2, -0.15) is 0 Å². The summed E-state index contributed by atoms with van der Waals surface area (Å²) in [6, 6.07) is 7.47. The van der Waals surface area contributed by atoms with E-state index in [9.17, 15) is 4.79 Å². The molecule has 2 aromatic rings. The van der Waals surface area contributed by atoms with Crippen LogP contribution in [0.1, 0.15) is 18.5 Å². The molecule has 0 fully saturated rings. The Bertz CT molecular complexity index is 559. The third-order valence-corrected chi connectivity index (χ3v) is 3.16. The SMILES string of the molecule is CC(C(=O)O)c1cc2cccc(Cl)c2n1C. The Morgan fingerprint density at radius 1 is 1.50 bits per heavy atom. The normalized spacial score (nSPS) is 12.9. The van der Waals surface area contributed by atoms with E-state index in [1.54, 1.807) is 13.0 Å². The van der Waals surface area contributed by atoms with Gasteiger partial charge >= 0.3 is 5.97 Å². The summed E-state index contributed by atoms with van der Waals surface area (Å²) in [5.41, 5.74) is 1.64. The van der Waals surface area contributed by atoms with Crippen molar-refractivity contribution in [3.63, 3.8) is 0 Å². The van der Waals surface area contributed by atoms with Crippen molar-refractivity contribution in [2.45, 2.75) is 12.8 Å². The van der Waals surface area contributed by atoms with Crippen LogP contribution >= 0.6 is 11.6 Å². The topological polar surface area (TPSA) is 42.2 Å². The molecule has 1 aromatic carbocycles. The molecule has 0 aliphatic rings. The van der Waals surface area contributed by atoms with Crippen LogP contribution in [0.2, 0.25) is 5.02 Å². The molecule has 84 valence electrons. The van der Waals surface area contributed by atoms with E-state index < -0.39 is 11.9 Å². The van der Waals surface area contributed by atoms with Gasteiger partial charge in [-0.15, -0.1) is 0 Å². The first-order chi connectivity index (χ1) is 7.52. The molecular weight excluding hydrogens is 226 g/mol. The molecule has 1 N–H and O–H groups in total. The van der Waals surface area contributed by atoms with Crippen molar-refractivity contribution in [3.8, 4) is 0 Å². The Hall–Kier alpha value is -1.48. The minimum absolute atomic E-state index is 0.534. The zero-order chi connectivity index (χ0) is 11.9. The highest BCUT2D eigenvalue weighted by atomic mass is 35.5. The van der Waals surface area contributed by atoms with Gasteiger partial charge < -0.3 is 9.67 Å². The Labute approximate surface area is 98.3 Å². The molecule has 1 heterocycles. The van der Waals surface area contributed by atoms with Crippen LogP contribution in [0.3, 0.4) is 0 Å². The minimum Gasteiger partial charge on any atom is -0.481 e. The number of hydrogen-bond donors (Lipinski definition) is 1. The van der Waals surface area contributed by atoms with E-state index in [0.717, 1.165) is 16.6 Å². The summed E-state index contributed by atoms with van der Waals surface area (Å²) in [6.45, 7) is 1.67. The average Bonchev–Trinajstić information content (AvgIpc) is 2.56. The van der Waals surface area contributed by atoms with Gasteiger partial charge in [0, 0.05) is 18.1 Å². The van der Waals surface area contributed by atoms with Crippen LogP contribution in [-0.4, -0.2) is 15.6 Å². The third-order valence-electron chi connectivity index (χ3n) is 2.86. The number of rotatable bonds is 2. The molecule has 1 unspecified atom stereocenters. The van der Waals surface area contributed by atoms with Gasteiger partial charge in [0.2, 0.25) is 0 Å². The summed E-state index contributed by atoms with van der Waals surface area (Å²) < 4.78 is 1.84. The summed E-state index contributed by atoms with van der Waals surface area (Å²) in [5, 5.41) is 10.6. The number of nitrogens with zero attached hydrogens (tertiary/aromatic N) is 1. The predicted octanol–water partition coefficient (Wildman–Crippen LogP) is 3.02. The number of aromatic nitrogens is 1. The summed E-state index contributed by atoms with van der Waals surface area (Å²) in [4.78, 5) is 11.0. The second-order valence-corrected chi connectivity index (χ2v) is 4.27. The zero-order valence-electron chi connectivity index (χ0n) is 9.07. The van der Waals surface area contributed by atoms with E-state index in [-0.39, 0.29) is 0 Å². The van der Waals surface area contributed by atoms with Crippen molar-refractivity contribution < 1.29 is 9.90 Å². The fraction of sp³-hybridized carbons (Fsp3) is 0.250. The molecule has 1 atom stereocenters. The molecule has 0 spiro atoms. The van der Waals surface area contributed by atoms with Crippen LogP contribution in [-0.2, 0) is 11.8 Å². The van der Waals surface area contributed by atoms with E-state index in [2.05, 4.69) is 0 Å². The molecule has 0 saturated carbocycles. The second kappa shape index (κ2) is 3.83. The van der Waals surface area contributed by atoms with Gasteiger partial charge in [0.15, 0.2) is 0 Å². The molecule has 16 heavy (non-hydrogen) atoms. The summed E-state index contributed by atoms with van der Waals surface area (Å²) in [7, 11) is 1.84. The lowest BCUT2D eigenvalue weighted by atomic mass is 10.1. The number of fused-ring (bicyclic) bond motifs is 1. The predicted molar refractivity (Wildman–Crippen MR) is 64.0 cm³/mol. The number of aliphatic carboxylic acids is 1. The Morgan fingerprint density at radius 3 is 2.75 bits per heavy atom. The van der Waals surface area contributed by atoms with E-state index >= 15 is 0 Å². The van der Waals surface area contributed by atoms with E-state index in [0.29, 0.717) is 5.02 Å². The molecule has 1 aromatic heterocycles. The molecule has 2 rings (SSSR count). The van der Waals surface area contributed by atoms with Gasteiger partial charge in [-0.05, 0) is 19.1 Å². The monoisotopic (exact) mass is 237 g/mol. The van der Waals surface area contributed by atoms with E-state index in [1.807, 2.05) is 29.8 Å². The van der Waals surface area contributed by atoms with Gasteiger partial charge in [0.25, 0.3) is 0 Å². The highest BCUT2D eigenvalue weighted by Crippen LogP contribution is 2.29. The fourth-order valence-electron chi connectivity index (χ4n) is 1.93. The number of hydrogen-bond acceptors (Lipinski definition) is 1. The highest BCUT2D eigenvalue weighted by molar-refractivity contribution is 6.35. The maximum atomic E-state index is 11.0. The van der Waals surface area contributed by atoms with Gasteiger partial charge in [0.05, 0.1) is 16.5 Å². The quantitative estimate of drug-likeness (QED) is 0.873. The minimum atomic E-state index is -0.831. The van der Waals surface area contributed by atoms with Crippen LogP contribution in [0.5, 0.6) is 0 Å². The van der Waals surface area contributed by atoms with Gasteiger partial charge in [-0.1, -0.05) is 23.7 Å². The third kappa shape index (κ3) is 1.57. The standard InChI is InChI=1S/C12H12ClNO2/c1-7(12(15)16)10-6-8-4-3-5-9(13)11(8)14(10)2/h3-7H,1-2H3,(H,15,16). The zero-order valence-corrected chi connectivity index (χ0v) is 9.82. The molecule has 4 heteroatoms. The van der Waals surface area contributed by atoms with Crippen LogP contribution in [0.25, 0.3) is 10.9 Å². The molecule has 0 aliphatic carbocycles. The Balaban J connectivity index is 2.70. The van der Waals surface area contributed by atoms with Gasteiger partial charge in [-0.3, -0.25) is 4.79 Å². The highest BCUT2D eigenvalue weighted by Gasteiger charge is 2.19.